The molecule has 1 unspecified atom stereocenters. The van der Waals surface area contributed by atoms with Gasteiger partial charge in [0.25, 0.3) is 0 Å². The Bertz CT molecular complexity index is 659. The van der Waals surface area contributed by atoms with E-state index < -0.39 is 0 Å². The third kappa shape index (κ3) is 5.70. The van der Waals surface area contributed by atoms with Crippen molar-refractivity contribution >= 4 is 29.9 Å². The Morgan fingerprint density at radius 3 is 2.46 bits per heavy atom. The van der Waals surface area contributed by atoms with Crippen LogP contribution in [0, 0.1) is 6.92 Å². The van der Waals surface area contributed by atoms with E-state index in [1.807, 2.05) is 31.2 Å². The molecule has 0 aliphatic carbocycles. The molecule has 2 aromatic carbocycles. The summed E-state index contributed by atoms with van der Waals surface area (Å²) in [7, 11) is 3.48. The Morgan fingerprint density at radius 1 is 1.17 bits per heavy atom. The maximum Gasteiger partial charge on any atom is 0.191 e. The van der Waals surface area contributed by atoms with Gasteiger partial charge in [-0.2, -0.15) is 0 Å². The molecule has 4 nitrogen and oxygen atoms in total. The summed E-state index contributed by atoms with van der Waals surface area (Å²) in [5.41, 5.74) is 3.56. The topological polar surface area (TPSA) is 45.7 Å². The molecule has 0 aromatic heterocycles. The Labute approximate surface area is 161 Å². The number of ether oxygens (including phenoxy) is 1. The minimum absolute atomic E-state index is 0. The number of halogens is 1. The number of guanidine groups is 1. The maximum atomic E-state index is 5.29. The maximum absolute atomic E-state index is 5.29. The largest absolute Gasteiger partial charge is 0.496 e. The second-order valence-electron chi connectivity index (χ2n) is 5.51. The van der Waals surface area contributed by atoms with Crippen LogP contribution in [0.4, 0.5) is 0 Å². The molecule has 0 heterocycles. The number of hydrogen-bond acceptors (Lipinski definition) is 2. The van der Waals surface area contributed by atoms with Gasteiger partial charge in [0.1, 0.15) is 5.75 Å². The first-order chi connectivity index (χ1) is 11.1. The van der Waals surface area contributed by atoms with Crippen molar-refractivity contribution in [1.82, 2.24) is 10.6 Å². The molecule has 2 rings (SSSR count). The minimum Gasteiger partial charge on any atom is -0.496 e. The van der Waals surface area contributed by atoms with Gasteiger partial charge in [0.05, 0.1) is 13.2 Å². The van der Waals surface area contributed by atoms with Crippen molar-refractivity contribution in [3.8, 4) is 5.75 Å². The van der Waals surface area contributed by atoms with E-state index in [4.69, 9.17) is 4.74 Å². The van der Waals surface area contributed by atoms with Crippen molar-refractivity contribution in [3.63, 3.8) is 0 Å². The van der Waals surface area contributed by atoms with Crippen LogP contribution in [-0.2, 0) is 6.54 Å². The zero-order chi connectivity index (χ0) is 16.7. The molecular formula is C19H26IN3O. The van der Waals surface area contributed by atoms with Gasteiger partial charge in [0.2, 0.25) is 0 Å². The Morgan fingerprint density at radius 2 is 1.88 bits per heavy atom. The molecule has 2 aromatic rings. The summed E-state index contributed by atoms with van der Waals surface area (Å²) in [6.07, 6.45) is 0. The first-order valence-corrected chi connectivity index (χ1v) is 7.79. The first-order valence-electron chi connectivity index (χ1n) is 7.79. The van der Waals surface area contributed by atoms with Gasteiger partial charge in [-0.25, -0.2) is 0 Å². The standard InChI is InChI=1S/C19H25N3O.HI/c1-14-12-16(10-11-18(14)23-4)13-21-19(20-3)22-15(2)17-8-6-5-7-9-17;/h5-12,15H,13H2,1-4H3,(H2,20,21,22);1H. The summed E-state index contributed by atoms with van der Waals surface area (Å²) >= 11 is 0. The average Bonchev–Trinajstić information content (AvgIpc) is 2.59. The molecule has 0 spiro atoms. The van der Waals surface area contributed by atoms with Gasteiger partial charge in [0, 0.05) is 13.6 Å². The van der Waals surface area contributed by atoms with Crippen LogP contribution in [0.25, 0.3) is 0 Å². The second kappa shape index (κ2) is 10.2. The molecule has 130 valence electrons. The lowest BCUT2D eigenvalue weighted by molar-refractivity contribution is 0.411. The number of nitrogens with one attached hydrogen (secondary N) is 2. The predicted molar refractivity (Wildman–Crippen MR) is 111 cm³/mol. The molecule has 0 amide bonds. The lowest BCUT2D eigenvalue weighted by atomic mass is 10.1. The Kier molecular flexibility index (Phi) is 8.60. The van der Waals surface area contributed by atoms with Crippen LogP contribution in [0.3, 0.4) is 0 Å². The summed E-state index contributed by atoms with van der Waals surface area (Å²) < 4.78 is 5.29. The van der Waals surface area contributed by atoms with Crippen molar-refractivity contribution in [3.05, 3.63) is 65.2 Å². The highest BCUT2D eigenvalue weighted by atomic mass is 127. The zero-order valence-corrected chi connectivity index (χ0v) is 17.0. The molecule has 0 aliphatic rings. The molecular weight excluding hydrogens is 413 g/mol. The molecule has 2 N–H and O–H groups in total. The fraction of sp³-hybridized carbons (Fsp3) is 0.316. The van der Waals surface area contributed by atoms with Gasteiger partial charge in [-0.15, -0.1) is 24.0 Å². The van der Waals surface area contributed by atoms with E-state index in [2.05, 4.69) is 46.8 Å². The number of rotatable bonds is 5. The summed E-state index contributed by atoms with van der Waals surface area (Å²) in [6, 6.07) is 16.7. The van der Waals surface area contributed by atoms with E-state index in [0.717, 1.165) is 17.3 Å². The van der Waals surface area contributed by atoms with Crippen molar-refractivity contribution in [2.45, 2.75) is 26.4 Å². The number of methoxy groups -OCH3 is 1. The molecule has 1 atom stereocenters. The van der Waals surface area contributed by atoms with E-state index in [0.29, 0.717) is 6.54 Å². The van der Waals surface area contributed by atoms with Crippen LogP contribution < -0.4 is 15.4 Å². The molecule has 0 aliphatic heterocycles. The monoisotopic (exact) mass is 439 g/mol. The summed E-state index contributed by atoms with van der Waals surface area (Å²) in [4.78, 5) is 4.29. The molecule has 0 radical (unpaired) electrons. The van der Waals surface area contributed by atoms with Gasteiger partial charge in [-0.05, 0) is 36.6 Å². The summed E-state index contributed by atoms with van der Waals surface area (Å²) in [6.45, 7) is 4.89. The van der Waals surface area contributed by atoms with Crippen LogP contribution in [0.2, 0.25) is 0 Å². The summed E-state index contributed by atoms with van der Waals surface area (Å²) in [5, 5.41) is 6.75. The molecule has 0 fully saturated rings. The number of hydrogen-bond donors (Lipinski definition) is 2. The molecule has 0 bridgehead atoms. The fourth-order valence-electron chi connectivity index (χ4n) is 2.46. The third-order valence-corrected chi connectivity index (χ3v) is 3.80. The van der Waals surface area contributed by atoms with Gasteiger partial charge in [-0.3, -0.25) is 4.99 Å². The lowest BCUT2D eigenvalue weighted by Gasteiger charge is -2.18. The Balaban J connectivity index is 0.00000288. The van der Waals surface area contributed by atoms with E-state index in [1.54, 1.807) is 14.2 Å². The molecule has 5 heteroatoms. The number of aryl methyl sites for hydroxylation is 1. The third-order valence-electron chi connectivity index (χ3n) is 3.80. The predicted octanol–water partition coefficient (Wildman–Crippen LogP) is 4.05. The first kappa shape index (κ1) is 20.3. The summed E-state index contributed by atoms with van der Waals surface area (Å²) in [5.74, 6) is 1.70. The van der Waals surface area contributed by atoms with Crippen molar-refractivity contribution in [1.29, 1.82) is 0 Å². The molecule has 0 saturated carbocycles. The highest BCUT2D eigenvalue weighted by Crippen LogP contribution is 2.18. The second-order valence-corrected chi connectivity index (χ2v) is 5.51. The van der Waals surface area contributed by atoms with Crippen molar-refractivity contribution in [2.24, 2.45) is 4.99 Å². The van der Waals surface area contributed by atoms with Crippen LogP contribution in [-0.4, -0.2) is 20.1 Å². The van der Waals surface area contributed by atoms with Crippen LogP contribution in [0.15, 0.2) is 53.5 Å². The minimum atomic E-state index is 0. The van der Waals surface area contributed by atoms with Crippen LogP contribution in [0.5, 0.6) is 5.75 Å². The van der Waals surface area contributed by atoms with Gasteiger partial charge in [0.15, 0.2) is 5.96 Å². The molecule has 24 heavy (non-hydrogen) atoms. The SMILES string of the molecule is CN=C(NCc1ccc(OC)c(C)c1)NC(C)c1ccccc1.I. The van der Waals surface area contributed by atoms with Gasteiger partial charge >= 0.3 is 0 Å². The van der Waals surface area contributed by atoms with Crippen molar-refractivity contribution in [2.75, 3.05) is 14.2 Å². The number of aliphatic imine (C=N–C) groups is 1. The van der Waals surface area contributed by atoms with E-state index in [9.17, 15) is 0 Å². The average molecular weight is 439 g/mol. The smallest absolute Gasteiger partial charge is 0.191 e. The highest BCUT2D eigenvalue weighted by Gasteiger charge is 2.07. The lowest BCUT2D eigenvalue weighted by Crippen LogP contribution is -2.38. The van der Waals surface area contributed by atoms with E-state index in [-0.39, 0.29) is 30.0 Å². The quantitative estimate of drug-likeness (QED) is 0.420. The van der Waals surface area contributed by atoms with Crippen LogP contribution in [0.1, 0.15) is 29.7 Å². The normalized spacial score (nSPS) is 12.1. The van der Waals surface area contributed by atoms with Crippen molar-refractivity contribution < 1.29 is 4.74 Å². The molecule has 0 saturated heterocycles. The number of benzene rings is 2. The number of nitrogens with zero attached hydrogens (tertiary/aromatic N) is 1. The van der Waals surface area contributed by atoms with Crippen LogP contribution >= 0.6 is 24.0 Å². The Hall–Kier alpha value is -1.76. The fourth-order valence-corrected chi connectivity index (χ4v) is 2.46. The highest BCUT2D eigenvalue weighted by molar-refractivity contribution is 14.0. The van der Waals surface area contributed by atoms with Gasteiger partial charge in [-0.1, -0.05) is 42.5 Å². The van der Waals surface area contributed by atoms with Gasteiger partial charge < -0.3 is 15.4 Å². The van der Waals surface area contributed by atoms with E-state index >= 15 is 0 Å². The zero-order valence-electron chi connectivity index (χ0n) is 14.7. The van der Waals surface area contributed by atoms with E-state index in [1.165, 1.54) is 11.1 Å².